The number of aliphatic imine (C=N–C) groups is 1. The van der Waals surface area contributed by atoms with Crippen molar-refractivity contribution < 1.29 is 5.11 Å². The maximum absolute atomic E-state index is 9.98. The van der Waals surface area contributed by atoms with Gasteiger partial charge in [0.1, 0.15) is 10.7 Å². The van der Waals surface area contributed by atoms with Gasteiger partial charge in [-0.1, -0.05) is 23.8 Å². The number of hydrogen-bond donors (Lipinski definition) is 2. The van der Waals surface area contributed by atoms with Crippen molar-refractivity contribution in [2.24, 2.45) is 10.4 Å². The predicted molar refractivity (Wildman–Crippen MR) is 78.7 cm³/mol. The Bertz CT molecular complexity index is 593. The monoisotopic (exact) mass is 290 g/mol. The van der Waals surface area contributed by atoms with Gasteiger partial charge in [-0.2, -0.15) is 0 Å². The van der Waals surface area contributed by atoms with E-state index in [4.69, 9.17) is 17.3 Å². The number of aliphatic hydroxyl groups excluding tert-OH is 1. The molecule has 1 aliphatic heterocycles. The second kappa shape index (κ2) is 4.68. The number of anilines is 1. The molecule has 2 unspecified atom stereocenters. The molecule has 0 spiro atoms. The fourth-order valence-electron chi connectivity index (χ4n) is 3.02. The van der Waals surface area contributed by atoms with E-state index in [0.29, 0.717) is 5.69 Å². The quantitative estimate of drug-likeness (QED) is 0.657. The number of nitrogens with zero attached hydrogens (tertiary/aromatic N) is 3. The molecule has 0 saturated carbocycles. The minimum Gasteiger partial charge on any atom is -0.395 e. The second-order valence-corrected chi connectivity index (χ2v) is 5.48. The highest BCUT2D eigenvalue weighted by molar-refractivity contribution is 6.29. The Labute approximate surface area is 121 Å². The lowest BCUT2D eigenvalue weighted by Crippen LogP contribution is -2.43. The molecule has 0 fully saturated rings. The van der Waals surface area contributed by atoms with Gasteiger partial charge in [-0.05, 0) is 25.0 Å². The Morgan fingerprint density at radius 2 is 2.20 bits per heavy atom. The lowest BCUT2D eigenvalue weighted by molar-refractivity contribution is 0.107. The van der Waals surface area contributed by atoms with E-state index in [1.807, 2.05) is 18.2 Å². The van der Waals surface area contributed by atoms with Gasteiger partial charge in [-0.3, -0.25) is 4.99 Å². The molecule has 1 aromatic heterocycles. The van der Waals surface area contributed by atoms with Crippen LogP contribution in [0.15, 0.2) is 35.4 Å². The third-order valence-corrected chi connectivity index (χ3v) is 4.23. The van der Waals surface area contributed by atoms with Crippen LogP contribution in [0.2, 0.25) is 5.15 Å². The fraction of sp³-hybridized carbons (Fsp3) is 0.357. The zero-order valence-electron chi connectivity index (χ0n) is 10.8. The van der Waals surface area contributed by atoms with Crippen molar-refractivity contribution in [2.45, 2.75) is 18.4 Å². The van der Waals surface area contributed by atoms with Crippen molar-refractivity contribution in [3.63, 3.8) is 0 Å². The summed E-state index contributed by atoms with van der Waals surface area (Å²) < 4.78 is 0. The summed E-state index contributed by atoms with van der Waals surface area (Å²) in [7, 11) is 0. The van der Waals surface area contributed by atoms with Crippen LogP contribution in [0, 0.1) is 5.41 Å². The van der Waals surface area contributed by atoms with E-state index in [0.717, 1.165) is 12.8 Å². The van der Waals surface area contributed by atoms with Gasteiger partial charge < -0.3 is 10.8 Å². The van der Waals surface area contributed by atoms with E-state index in [-0.39, 0.29) is 17.7 Å². The van der Waals surface area contributed by atoms with Crippen LogP contribution >= 0.6 is 11.6 Å². The molecule has 3 N–H and O–H groups in total. The van der Waals surface area contributed by atoms with Crippen LogP contribution in [0.25, 0.3) is 0 Å². The van der Waals surface area contributed by atoms with Crippen LogP contribution < -0.4 is 5.73 Å². The summed E-state index contributed by atoms with van der Waals surface area (Å²) in [6, 6.07) is 1.66. The fourth-order valence-corrected chi connectivity index (χ4v) is 3.21. The van der Waals surface area contributed by atoms with Gasteiger partial charge in [0.15, 0.2) is 0 Å². The largest absolute Gasteiger partial charge is 0.395 e. The summed E-state index contributed by atoms with van der Waals surface area (Å²) in [5.41, 5.74) is 5.04. The summed E-state index contributed by atoms with van der Waals surface area (Å²) in [6.45, 7) is -0.0211. The van der Waals surface area contributed by atoms with Crippen molar-refractivity contribution in [1.82, 2.24) is 9.97 Å². The molecule has 2 aliphatic rings. The molecule has 1 aromatic rings. The number of halogens is 1. The molecule has 3 rings (SSSR count). The maximum Gasteiger partial charge on any atom is 0.221 e. The number of aliphatic hydroxyl groups is 1. The highest BCUT2D eigenvalue weighted by atomic mass is 35.5. The van der Waals surface area contributed by atoms with E-state index >= 15 is 0 Å². The Kier molecular flexibility index (Phi) is 3.11. The third-order valence-electron chi connectivity index (χ3n) is 4.04. The molecule has 0 saturated heterocycles. The molecule has 6 heteroatoms. The number of nitrogens with two attached hydrogens (primary N) is 1. The molecule has 0 radical (unpaired) electrons. The lowest BCUT2D eigenvalue weighted by Gasteiger charge is -2.40. The van der Waals surface area contributed by atoms with E-state index < -0.39 is 11.0 Å². The average Bonchev–Trinajstić information content (AvgIpc) is 3.08. The minimum absolute atomic E-state index is 0.0211. The van der Waals surface area contributed by atoms with Gasteiger partial charge in [0, 0.05) is 17.7 Å². The van der Waals surface area contributed by atoms with Gasteiger partial charge >= 0.3 is 0 Å². The molecule has 104 valence electrons. The Morgan fingerprint density at radius 1 is 1.35 bits per heavy atom. The molecule has 0 bridgehead atoms. The van der Waals surface area contributed by atoms with Crippen LogP contribution in [0.3, 0.4) is 0 Å². The van der Waals surface area contributed by atoms with Crippen LogP contribution in [-0.2, 0) is 5.54 Å². The van der Waals surface area contributed by atoms with Gasteiger partial charge in [-0.25, -0.2) is 9.97 Å². The first kappa shape index (κ1) is 13.3. The van der Waals surface area contributed by atoms with Gasteiger partial charge in [0.25, 0.3) is 0 Å². The first-order valence-corrected chi connectivity index (χ1v) is 6.82. The van der Waals surface area contributed by atoms with Crippen molar-refractivity contribution in [1.29, 1.82) is 0 Å². The summed E-state index contributed by atoms with van der Waals surface area (Å²) in [6.07, 6.45) is 11.3. The number of hydrogen-bond acceptors (Lipinski definition) is 5. The van der Waals surface area contributed by atoms with E-state index in [1.165, 1.54) is 0 Å². The minimum atomic E-state index is -0.768. The highest BCUT2D eigenvalue weighted by Gasteiger charge is 2.52. The first-order valence-electron chi connectivity index (χ1n) is 6.44. The van der Waals surface area contributed by atoms with Crippen molar-refractivity contribution >= 4 is 23.8 Å². The SMILES string of the molecule is Nc1nc(Cl)cc(C2(C3(CO)C=CCC3)C=CC=N2)n1. The summed E-state index contributed by atoms with van der Waals surface area (Å²) >= 11 is 6.00. The summed E-state index contributed by atoms with van der Waals surface area (Å²) in [5, 5.41) is 10.3. The van der Waals surface area contributed by atoms with Gasteiger partial charge in [-0.15, -0.1) is 0 Å². The highest BCUT2D eigenvalue weighted by Crippen LogP contribution is 2.52. The molecular weight excluding hydrogens is 276 g/mol. The summed E-state index contributed by atoms with van der Waals surface area (Å²) in [4.78, 5) is 12.8. The molecular formula is C14H15ClN4O. The van der Waals surface area contributed by atoms with Gasteiger partial charge in [0.2, 0.25) is 5.95 Å². The second-order valence-electron chi connectivity index (χ2n) is 5.09. The van der Waals surface area contributed by atoms with E-state index in [1.54, 1.807) is 12.3 Å². The van der Waals surface area contributed by atoms with E-state index in [2.05, 4.69) is 21.0 Å². The number of allylic oxidation sites excluding steroid dienone is 2. The van der Waals surface area contributed by atoms with Crippen LogP contribution in [0.1, 0.15) is 18.5 Å². The smallest absolute Gasteiger partial charge is 0.221 e. The number of rotatable bonds is 3. The van der Waals surface area contributed by atoms with Crippen molar-refractivity contribution in [2.75, 3.05) is 12.3 Å². The predicted octanol–water partition coefficient (Wildman–Crippen LogP) is 1.88. The normalized spacial score (nSPS) is 31.3. The molecule has 2 heterocycles. The molecule has 1 aliphatic carbocycles. The van der Waals surface area contributed by atoms with Gasteiger partial charge in [0.05, 0.1) is 12.3 Å². The Morgan fingerprint density at radius 3 is 2.75 bits per heavy atom. The van der Waals surface area contributed by atoms with E-state index in [9.17, 15) is 5.11 Å². The van der Waals surface area contributed by atoms with Crippen molar-refractivity contribution in [3.8, 4) is 0 Å². The molecule has 0 amide bonds. The average molecular weight is 291 g/mol. The topological polar surface area (TPSA) is 84.4 Å². The number of aromatic nitrogens is 2. The maximum atomic E-state index is 9.98. The van der Waals surface area contributed by atoms with Crippen LogP contribution in [-0.4, -0.2) is 27.9 Å². The molecule has 20 heavy (non-hydrogen) atoms. The zero-order chi connectivity index (χ0) is 14.2. The number of nitrogen functional groups attached to an aromatic ring is 1. The molecule has 2 atom stereocenters. The van der Waals surface area contributed by atoms with Crippen LogP contribution in [0.4, 0.5) is 5.95 Å². The zero-order valence-corrected chi connectivity index (χ0v) is 11.6. The first-order chi connectivity index (χ1) is 9.62. The summed E-state index contributed by atoms with van der Waals surface area (Å²) in [5.74, 6) is 0.109. The Balaban J connectivity index is 2.21. The third kappa shape index (κ3) is 1.77. The standard InChI is InChI=1S/C14H15ClN4O/c15-11-8-10(18-12(16)19-11)14(6-3-7-17-14)13(9-20)4-1-2-5-13/h1,3-4,6-8,20H,2,5,9H2,(H2,16,18,19). The lowest BCUT2D eigenvalue weighted by atomic mass is 9.68. The molecule has 0 aromatic carbocycles. The Hall–Kier alpha value is -1.72. The van der Waals surface area contributed by atoms with Crippen LogP contribution in [0.5, 0.6) is 0 Å². The molecule has 5 nitrogen and oxygen atoms in total. The van der Waals surface area contributed by atoms with Crippen molar-refractivity contribution in [3.05, 3.63) is 41.2 Å².